The molecular weight excluding hydrogens is 324 g/mol. The molecule has 0 radical (unpaired) electrons. The van der Waals surface area contributed by atoms with Crippen molar-refractivity contribution < 1.29 is 22.5 Å². The van der Waals surface area contributed by atoms with Gasteiger partial charge in [-0.05, 0) is 26.3 Å². The SMILES string of the molecule is CCC[S@@](=O)N(C)[C@@](C(=O)OCC)(c1ccccc1F)[C@@H](C)F. The Balaban J connectivity index is 3.59. The summed E-state index contributed by atoms with van der Waals surface area (Å²) in [5.41, 5.74) is -2.28. The number of alkyl halides is 1. The first-order valence-corrected chi connectivity index (χ1v) is 8.80. The minimum Gasteiger partial charge on any atom is -0.464 e. The molecule has 1 aromatic carbocycles. The summed E-state index contributed by atoms with van der Waals surface area (Å²) in [6.45, 7) is 4.55. The highest BCUT2D eigenvalue weighted by molar-refractivity contribution is 7.82. The lowest BCUT2D eigenvalue weighted by atomic mass is 9.85. The molecule has 0 bridgehead atoms. The number of nitrogens with zero attached hydrogens (tertiary/aromatic N) is 1. The summed E-state index contributed by atoms with van der Waals surface area (Å²) < 4.78 is 47.5. The second-order valence-corrected chi connectivity index (χ2v) is 6.70. The van der Waals surface area contributed by atoms with Gasteiger partial charge in [-0.3, -0.25) is 0 Å². The van der Waals surface area contributed by atoms with Gasteiger partial charge in [-0.1, -0.05) is 25.1 Å². The van der Waals surface area contributed by atoms with Crippen LogP contribution < -0.4 is 0 Å². The molecule has 130 valence electrons. The lowest BCUT2D eigenvalue weighted by Gasteiger charge is -2.40. The highest BCUT2D eigenvalue weighted by atomic mass is 32.2. The van der Waals surface area contributed by atoms with E-state index >= 15 is 0 Å². The van der Waals surface area contributed by atoms with Gasteiger partial charge in [-0.2, -0.15) is 0 Å². The molecular formula is C16H23F2NO3S. The van der Waals surface area contributed by atoms with Crippen molar-refractivity contribution in [1.29, 1.82) is 0 Å². The van der Waals surface area contributed by atoms with Crippen molar-refractivity contribution in [3.8, 4) is 0 Å². The number of rotatable bonds is 8. The Morgan fingerprint density at radius 1 is 1.39 bits per heavy atom. The van der Waals surface area contributed by atoms with Crippen LogP contribution in [0.3, 0.4) is 0 Å². The van der Waals surface area contributed by atoms with Gasteiger partial charge < -0.3 is 4.74 Å². The molecule has 1 rings (SSSR count). The Morgan fingerprint density at radius 3 is 2.48 bits per heavy atom. The standard InChI is InChI=1S/C16H23F2NO3S/c1-5-11-23(21)19(4)16(12(3)17,15(20)22-6-2)13-9-7-8-10-14(13)18/h7-10,12H,5-6,11H2,1-4H3/t12-,16-,23-/m1/s1. The minimum atomic E-state index is -2.10. The van der Waals surface area contributed by atoms with E-state index in [4.69, 9.17) is 4.74 Å². The van der Waals surface area contributed by atoms with Crippen molar-refractivity contribution in [2.45, 2.75) is 38.9 Å². The zero-order chi connectivity index (χ0) is 17.6. The van der Waals surface area contributed by atoms with Crippen molar-refractivity contribution >= 4 is 17.0 Å². The number of halogens is 2. The predicted octanol–water partition coefficient (Wildman–Crippen LogP) is 2.95. The summed E-state index contributed by atoms with van der Waals surface area (Å²) in [5.74, 6) is -1.46. The van der Waals surface area contributed by atoms with Crippen LogP contribution in [0.15, 0.2) is 24.3 Å². The van der Waals surface area contributed by atoms with Gasteiger partial charge in [0.25, 0.3) is 0 Å². The third-order valence-corrected chi connectivity index (χ3v) is 5.28. The first kappa shape index (κ1) is 19.7. The Labute approximate surface area is 138 Å². The van der Waals surface area contributed by atoms with Crippen LogP contribution in [0.5, 0.6) is 0 Å². The third kappa shape index (κ3) is 3.77. The van der Waals surface area contributed by atoms with Gasteiger partial charge in [-0.15, -0.1) is 0 Å². The fourth-order valence-electron chi connectivity index (χ4n) is 2.52. The van der Waals surface area contributed by atoms with Crippen LogP contribution in [0.1, 0.15) is 32.8 Å². The lowest BCUT2D eigenvalue weighted by Crippen LogP contribution is -2.57. The van der Waals surface area contributed by atoms with E-state index in [1.54, 1.807) is 6.92 Å². The minimum absolute atomic E-state index is 0.00993. The first-order valence-electron chi connectivity index (χ1n) is 7.52. The van der Waals surface area contributed by atoms with Gasteiger partial charge in [0, 0.05) is 18.4 Å². The Bertz CT molecular complexity index is 568. The van der Waals surface area contributed by atoms with Gasteiger partial charge >= 0.3 is 5.97 Å². The molecule has 0 heterocycles. The Kier molecular flexibility index (Phi) is 7.28. The summed E-state index contributed by atoms with van der Waals surface area (Å²) in [5, 5.41) is 0. The van der Waals surface area contributed by atoms with Crippen molar-refractivity contribution in [3.05, 3.63) is 35.6 Å². The average molecular weight is 347 g/mol. The van der Waals surface area contributed by atoms with Gasteiger partial charge in [0.05, 0.1) is 17.6 Å². The zero-order valence-corrected chi connectivity index (χ0v) is 14.7. The molecule has 0 N–H and O–H groups in total. The fourth-order valence-corrected chi connectivity index (χ4v) is 3.78. The average Bonchev–Trinajstić information content (AvgIpc) is 2.49. The number of hydrogen-bond donors (Lipinski definition) is 0. The maximum atomic E-state index is 14.7. The number of likely N-dealkylation sites (N-methyl/N-ethyl adjacent to an activating group) is 1. The van der Waals surface area contributed by atoms with Crippen LogP contribution >= 0.6 is 0 Å². The number of esters is 1. The van der Waals surface area contributed by atoms with Gasteiger partial charge in [0.1, 0.15) is 12.0 Å². The maximum Gasteiger partial charge on any atom is 0.335 e. The molecule has 0 spiro atoms. The summed E-state index contributed by atoms with van der Waals surface area (Å²) in [6.07, 6.45) is -1.25. The van der Waals surface area contributed by atoms with E-state index < -0.39 is 34.5 Å². The molecule has 0 amide bonds. The highest BCUT2D eigenvalue weighted by Crippen LogP contribution is 2.37. The van der Waals surface area contributed by atoms with Crippen LogP contribution in [0.2, 0.25) is 0 Å². The summed E-state index contributed by atoms with van der Waals surface area (Å²) in [7, 11) is -0.309. The molecule has 0 aliphatic rings. The quantitative estimate of drug-likeness (QED) is 0.679. The summed E-state index contributed by atoms with van der Waals surface area (Å²) in [4.78, 5) is 12.6. The zero-order valence-electron chi connectivity index (χ0n) is 13.8. The molecule has 0 aliphatic carbocycles. The second-order valence-electron chi connectivity index (χ2n) is 5.11. The summed E-state index contributed by atoms with van der Waals surface area (Å²) in [6, 6.07) is 5.41. The highest BCUT2D eigenvalue weighted by Gasteiger charge is 2.54. The lowest BCUT2D eigenvalue weighted by molar-refractivity contribution is -0.159. The molecule has 0 aromatic heterocycles. The van der Waals surface area contributed by atoms with E-state index in [1.165, 1.54) is 25.2 Å². The molecule has 3 atom stereocenters. The molecule has 23 heavy (non-hydrogen) atoms. The van der Waals surface area contributed by atoms with E-state index in [0.717, 1.165) is 17.3 Å². The van der Waals surface area contributed by atoms with Crippen LogP contribution in [0.25, 0.3) is 0 Å². The Hall–Kier alpha value is -1.34. The molecule has 7 heteroatoms. The fraction of sp³-hybridized carbons (Fsp3) is 0.562. The van der Waals surface area contributed by atoms with Gasteiger partial charge in [0.15, 0.2) is 5.54 Å². The first-order chi connectivity index (χ1) is 10.8. The van der Waals surface area contributed by atoms with E-state index in [9.17, 15) is 17.8 Å². The van der Waals surface area contributed by atoms with Crippen LogP contribution in [-0.2, 0) is 26.1 Å². The number of carbonyl (C=O) groups excluding carboxylic acids is 1. The monoisotopic (exact) mass is 347 g/mol. The van der Waals surface area contributed by atoms with Crippen LogP contribution in [0.4, 0.5) is 8.78 Å². The molecule has 0 unspecified atom stereocenters. The van der Waals surface area contributed by atoms with Crippen molar-refractivity contribution in [1.82, 2.24) is 4.31 Å². The largest absolute Gasteiger partial charge is 0.464 e. The van der Waals surface area contributed by atoms with Crippen molar-refractivity contribution in [2.75, 3.05) is 19.4 Å². The normalized spacial score (nSPS) is 16.7. The molecule has 0 aliphatic heterocycles. The second kappa shape index (κ2) is 8.49. The van der Waals surface area contributed by atoms with Gasteiger partial charge in [0.2, 0.25) is 0 Å². The summed E-state index contributed by atoms with van der Waals surface area (Å²) >= 11 is 0. The maximum absolute atomic E-state index is 14.7. The molecule has 1 aromatic rings. The van der Waals surface area contributed by atoms with Gasteiger partial charge in [-0.25, -0.2) is 22.1 Å². The van der Waals surface area contributed by atoms with E-state index in [0.29, 0.717) is 6.42 Å². The molecule has 4 nitrogen and oxygen atoms in total. The number of ether oxygens (including phenoxy) is 1. The third-order valence-electron chi connectivity index (χ3n) is 3.63. The number of hydrogen-bond acceptors (Lipinski definition) is 3. The molecule has 0 saturated heterocycles. The Morgan fingerprint density at radius 2 is 2.00 bits per heavy atom. The van der Waals surface area contributed by atoms with Crippen LogP contribution in [-0.4, -0.2) is 40.1 Å². The van der Waals surface area contributed by atoms with E-state index in [-0.39, 0.29) is 17.9 Å². The molecule has 0 saturated carbocycles. The van der Waals surface area contributed by atoms with Crippen LogP contribution in [0, 0.1) is 5.82 Å². The molecule has 0 fully saturated rings. The van der Waals surface area contributed by atoms with E-state index in [2.05, 4.69) is 0 Å². The van der Waals surface area contributed by atoms with Crippen molar-refractivity contribution in [2.24, 2.45) is 0 Å². The van der Waals surface area contributed by atoms with Crippen molar-refractivity contribution in [3.63, 3.8) is 0 Å². The van der Waals surface area contributed by atoms with E-state index in [1.807, 2.05) is 6.92 Å². The number of carbonyl (C=O) groups is 1. The number of benzene rings is 1. The predicted molar refractivity (Wildman–Crippen MR) is 86.3 cm³/mol. The topological polar surface area (TPSA) is 46.6 Å². The smallest absolute Gasteiger partial charge is 0.335 e.